The Morgan fingerprint density at radius 3 is 2.31 bits per heavy atom. The molecule has 1 heterocycles. The number of ketones is 1. The van der Waals surface area contributed by atoms with E-state index in [0.717, 1.165) is 16.8 Å². The molecule has 0 spiro atoms. The number of dihydropyridines is 1. The van der Waals surface area contributed by atoms with Gasteiger partial charge in [0.25, 0.3) is 0 Å². The molecule has 6 heteroatoms. The number of allylic oxidation sites excluding steroid dienone is 2. The first-order valence-corrected chi connectivity index (χ1v) is 9.18. The molecule has 148 valence electrons. The van der Waals surface area contributed by atoms with Crippen molar-refractivity contribution in [2.75, 3.05) is 21.3 Å². The van der Waals surface area contributed by atoms with Crippen LogP contribution in [0.25, 0.3) is 5.70 Å². The highest BCUT2D eigenvalue weighted by Gasteiger charge is 2.42. The number of hydrogen-bond acceptors (Lipinski definition) is 6. The van der Waals surface area contributed by atoms with Crippen LogP contribution in [0.4, 0.5) is 0 Å². The van der Waals surface area contributed by atoms with E-state index >= 15 is 0 Å². The van der Waals surface area contributed by atoms with Crippen molar-refractivity contribution in [1.29, 1.82) is 0 Å². The van der Waals surface area contributed by atoms with Crippen LogP contribution in [0.3, 0.4) is 0 Å². The maximum Gasteiger partial charge on any atom is 0.336 e. The maximum absolute atomic E-state index is 13.3. The molecule has 0 saturated heterocycles. The van der Waals surface area contributed by atoms with E-state index in [1.165, 1.54) is 7.11 Å². The average molecular weight is 391 g/mol. The molecule has 0 bridgehead atoms. The molecular formula is C23H21NO5. The third-order valence-corrected chi connectivity index (χ3v) is 5.40. The monoisotopic (exact) mass is 391 g/mol. The zero-order chi connectivity index (χ0) is 20.7. The number of Topliss-reactive ketones (excluding diaryl/α,β-unsaturated/α-hetero) is 1. The van der Waals surface area contributed by atoms with E-state index < -0.39 is 11.9 Å². The Morgan fingerprint density at radius 1 is 0.966 bits per heavy atom. The van der Waals surface area contributed by atoms with Gasteiger partial charge in [0.2, 0.25) is 0 Å². The smallest absolute Gasteiger partial charge is 0.336 e. The number of esters is 1. The molecule has 2 aromatic carbocycles. The van der Waals surface area contributed by atoms with E-state index in [1.807, 2.05) is 31.2 Å². The van der Waals surface area contributed by atoms with Gasteiger partial charge in [0, 0.05) is 28.3 Å². The summed E-state index contributed by atoms with van der Waals surface area (Å²) in [6, 6.07) is 12.8. The molecule has 0 amide bonds. The van der Waals surface area contributed by atoms with E-state index in [9.17, 15) is 9.59 Å². The van der Waals surface area contributed by atoms with Crippen molar-refractivity contribution in [2.24, 2.45) is 0 Å². The van der Waals surface area contributed by atoms with Crippen LogP contribution in [0.1, 0.15) is 34.3 Å². The van der Waals surface area contributed by atoms with Crippen LogP contribution in [-0.4, -0.2) is 33.1 Å². The van der Waals surface area contributed by atoms with Gasteiger partial charge in [-0.15, -0.1) is 0 Å². The van der Waals surface area contributed by atoms with Crippen LogP contribution >= 0.6 is 0 Å². The molecule has 1 atom stereocenters. The summed E-state index contributed by atoms with van der Waals surface area (Å²) in [5.41, 5.74) is 4.52. The Bertz CT molecular complexity index is 1100. The van der Waals surface area contributed by atoms with E-state index in [0.29, 0.717) is 33.9 Å². The molecule has 0 fully saturated rings. The molecule has 2 aliphatic rings. The van der Waals surface area contributed by atoms with Crippen molar-refractivity contribution < 1.29 is 23.8 Å². The Hall–Kier alpha value is -3.54. The van der Waals surface area contributed by atoms with Gasteiger partial charge in [-0.2, -0.15) is 0 Å². The molecule has 1 aliphatic heterocycles. The van der Waals surface area contributed by atoms with Crippen molar-refractivity contribution >= 4 is 17.4 Å². The number of nitrogens with one attached hydrogen (secondary N) is 1. The summed E-state index contributed by atoms with van der Waals surface area (Å²) in [5, 5.41) is 3.26. The molecule has 1 N–H and O–H groups in total. The Morgan fingerprint density at radius 2 is 1.66 bits per heavy atom. The van der Waals surface area contributed by atoms with Crippen LogP contribution in [0, 0.1) is 0 Å². The van der Waals surface area contributed by atoms with E-state index in [-0.39, 0.29) is 5.78 Å². The fourth-order valence-electron chi connectivity index (χ4n) is 4.08. The van der Waals surface area contributed by atoms with Gasteiger partial charge in [0.05, 0.1) is 32.6 Å². The lowest BCUT2D eigenvalue weighted by atomic mass is 9.79. The predicted octanol–water partition coefficient (Wildman–Crippen LogP) is 3.45. The Kier molecular flexibility index (Phi) is 4.62. The van der Waals surface area contributed by atoms with Crippen LogP contribution in [0.15, 0.2) is 59.3 Å². The molecule has 29 heavy (non-hydrogen) atoms. The van der Waals surface area contributed by atoms with Gasteiger partial charge in [-0.3, -0.25) is 4.79 Å². The van der Waals surface area contributed by atoms with Crippen molar-refractivity contribution in [3.63, 3.8) is 0 Å². The molecule has 4 rings (SSSR count). The summed E-state index contributed by atoms with van der Waals surface area (Å²) in [6.07, 6.45) is 0. The number of ether oxygens (including phenoxy) is 3. The standard InChI is InChI=1S/C23H21NO5/c1-12-18(23(26)29-4)19(13-9-10-16(27-2)17(11-13)28-3)20-21(24-12)14-7-5-6-8-15(14)22(20)25/h5-11,19,24H,1-4H3. The molecule has 0 radical (unpaired) electrons. The minimum atomic E-state index is -0.585. The lowest BCUT2D eigenvalue weighted by Crippen LogP contribution is -2.29. The first kappa shape index (κ1) is 18.8. The topological polar surface area (TPSA) is 73.9 Å². The quantitative estimate of drug-likeness (QED) is 0.805. The number of carbonyl (C=O) groups excluding carboxylic acids is 2. The van der Waals surface area contributed by atoms with Gasteiger partial charge in [0.15, 0.2) is 17.3 Å². The normalized spacial score (nSPS) is 17.5. The molecular weight excluding hydrogens is 370 g/mol. The second kappa shape index (κ2) is 7.13. The molecule has 1 unspecified atom stereocenters. The number of hydrogen-bond donors (Lipinski definition) is 1. The maximum atomic E-state index is 13.3. The molecule has 0 aromatic heterocycles. The van der Waals surface area contributed by atoms with Crippen molar-refractivity contribution in [3.8, 4) is 11.5 Å². The third kappa shape index (κ3) is 2.79. The molecule has 2 aromatic rings. The van der Waals surface area contributed by atoms with Gasteiger partial charge < -0.3 is 19.5 Å². The highest BCUT2D eigenvalue weighted by atomic mass is 16.5. The lowest BCUT2D eigenvalue weighted by molar-refractivity contribution is -0.136. The highest BCUT2D eigenvalue weighted by Crippen LogP contribution is 2.47. The predicted molar refractivity (Wildman–Crippen MR) is 108 cm³/mol. The third-order valence-electron chi connectivity index (χ3n) is 5.40. The van der Waals surface area contributed by atoms with Gasteiger partial charge >= 0.3 is 5.97 Å². The minimum Gasteiger partial charge on any atom is -0.493 e. The van der Waals surface area contributed by atoms with E-state index in [4.69, 9.17) is 14.2 Å². The first-order chi connectivity index (χ1) is 14.0. The van der Waals surface area contributed by atoms with Crippen LogP contribution < -0.4 is 14.8 Å². The van der Waals surface area contributed by atoms with E-state index in [1.54, 1.807) is 32.4 Å². The molecule has 1 aliphatic carbocycles. The van der Waals surface area contributed by atoms with Gasteiger partial charge in [-0.25, -0.2) is 4.79 Å². The van der Waals surface area contributed by atoms with Crippen LogP contribution in [0.2, 0.25) is 0 Å². The Balaban J connectivity index is 1.95. The van der Waals surface area contributed by atoms with Gasteiger partial charge in [0.1, 0.15) is 0 Å². The fraction of sp³-hybridized carbons (Fsp3) is 0.217. The van der Waals surface area contributed by atoms with Crippen LogP contribution in [0.5, 0.6) is 11.5 Å². The largest absolute Gasteiger partial charge is 0.493 e. The number of carbonyl (C=O) groups is 2. The SMILES string of the molecule is COC(=O)C1=C(C)NC2=C(C(=O)c3ccccc32)C1c1ccc(OC)c(OC)c1. The van der Waals surface area contributed by atoms with E-state index in [2.05, 4.69) is 5.32 Å². The Labute approximate surface area is 168 Å². The van der Waals surface area contributed by atoms with Crippen LogP contribution in [-0.2, 0) is 9.53 Å². The zero-order valence-corrected chi connectivity index (χ0v) is 16.7. The number of fused-ring (bicyclic) bond motifs is 2. The fourth-order valence-corrected chi connectivity index (χ4v) is 4.08. The second-order valence-corrected chi connectivity index (χ2v) is 6.87. The van der Waals surface area contributed by atoms with Gasteiger partial charge in [-0.05, 0) is 24.6 Å². The lowest BCUT2D eigenvalue weighted by Gasteiger charge is -2.29. The molecule has 6 nitrogen and oxygen atoms in total. The molecule has 0 saturated carbocycles. The summed E-state index contributed by atoms with van der Waals surface area (Å²) in [4.78, 5) is 26.0. The summed E-state index contributed by atoms with van der Waals surface area (Å²) < 4.78 is 15.8. The van der Waals surface area contributed by atoms with Crippen molar-refractivity contribution in [3.05, 3.63) is 76.0 Å². The zero-order valence-electron chi connectivity index (χ0n) is 16.7. The number of benzene rings is 2. The number of rotatable bonds is 4. The van der Waals surface area contributed by atoms with Gasteiger partial charge in [-0.1, -0.05) is 30.3 Å². The number of methoxy groups -OCH3 is 3. The summed E-state index contributed by atoms with van der Waals surface area (Å²) >= 11 is 0. The summed E-state index contributed by atoms with van der Waals surface area (Å²) in [6.45, 7) is 1.81. The summed E-state index contributed by atoms with van der Waals surface area (Å²) in [7, 11) is 4.45. The average Bonchev–Trinajstić information content (AvgIpc) is 3.03. The first-order valence-electron chi connectivity index (χ1n) is 9.18. The highest BCUT2D eigenvalue weighted by molar-refractivity contribution is 6.23. The minimum absolute atomic E-state index is 0.100. The van der Waals surface area contributed by atoms with Crippen molar-refractivity contribution in [1.82, 2.24) is 5.32 Å². The van der Waals surface area contributed by atoms with Crippen molar-refractivity contribution in [2.45, 2.75) is 12.8 Å². The summed E-state index contributed by atoms with van der Waals surface area (Å²) in [5.74, 6) is -0.0726. The second-order valence-electron chi connectivity index (χ2n) is 6.87.